The van der Waals surface area contributed by atoms with Crippen LogP contribution in [0.25, 0.3) is 0 Å². The van der Waals surface area contributed by atoms with Crippen molar-refractivity contribution in [3.63, 3.8) is 0 Å². The molecule has 0 saturated heterocycles. The summed E-state index contributed by atoms with van der Waals surface area (Å²) in [7, 11) is 1.52. The molecule has 0 radical (unpaired) electrons. The molecule has 0 aliphatic heterocycles. The maximum Gasteiger partial charge on any atom is 0.255 e. The van der Waals surface area contributed by atoms with Gasteiger partial charge in [0.05, 0.1) is 18.7 Å². The van der Waals surface area contributed by atoms with Gasteiger partial charge in [-0.05, 0) is 30.3 Å². The lowest BCUT2D eigenvalue weighted by Crippen LogP contribution is -2.24. The molecule has 7 nitrogen and oxygen atoms in total. The molecule has 0 spiro atoms. The Morgan fingerprint density at radius 3 is 2.72 bits per heavy atom. The van der Waals surface area contributed by atoms with Crippen LogP contribution >= 0.6 is 0 Å². The van der Waals surface area contributed by atoms with Crippen LogP contribution in [-0.2, 0) is 11.3 Å². The lowest BCUT2D eigenvalue weighted by atomic mass is 10.1. The molecule has 25 heavy (non-hydrogen) atoms. The first-order valence-corrected chi connectivity index (χ1v) is 7.40. The quantitative estimate of drug-likeness (QED) is 0.790. The van der Waals surface area contributed by atoms with Crippen molar-refractivity contribution < 1.29 is 19.1 Å². The van der Waals surface area contributed by atoms with Crippen LogP contribution in [0.4, 0.5) is 0 Å². The molecule has 0 atom stereocenters. The number of nitrogens with zero attached hydrogens (tertiary/aromatic N) is 1. The predicted molar refractivity (Wildman–Crippen MR) is 90.0 cm³/mol. The number of carbonyl (C=O) groups is 2. The fraction of sp³-hybridized carbons (Fsp3) is 0.167. The van der Waals surface area contributed by atoms with E-state index in [1.165, 1.54) is 13.2 Å². The van der Waals surface area contributed by atoms with E-state index >= 15 is 0 Å². The molecule has 0 aliphatic rings. The number of nitriles is 1. The Kier molecular flexibility index (Phi) is 5.96. The second kappa shape index (κ2) is 8.36. The largest absolute Gasteiger partial charge is 0.497 e. The Morgan fingerprint density at radius 2 is 2.04 bits per heavy atom. The van der Waals surface area contributed by atoms with Gasteiger partial charge in [-0.1, -0.05) is 12.1 Å². The lowest BCUT2D eigenvalue weighted by Gasteiger charge is -2.12. The van der Waals surface area contributed by atoms with E-state index in [2.05, 4.69) is 5.32 Å². The van der Waals surface area contributed by atoms with E-state index in [0.717, 1.165) is 0 Å². The zero-order valence-electron chi connectivity index (χ0n) is 13.6. The summed E-state index contributed by atoms with van der Waals surface area (Å²) in [5.74, 6) is -0.0156. The van der Waals surface area contributed by atoms with Crippen LogP contribution < -0.4 is 20.5 Å². The average molecular weight is 339 g/mol. The minimum Gasteiger partial charge on any atom is -0.497 e. The molecule has 2 rings (SSSR count). The van der Waals surface area contributed by atoms with Gasteiger partial charge in [0.1, 0.15) is 11.5 Å². The van der Waals surface area contributed by atoms with Crippen molar-refractivity contribution in [3.8, 4) is 17.6 Å². The zero-order valence-corrected chi connectivity index (χ0v) is 13.6. The Balaban J connectivity index is 2.12. The molecule has 0 unspecified atom stereocenters. The summed E-state index contributed by atoms with van der Waals surface area (Å²) in [6.07, 6.45) is 0. The summed E-state index contributed by atoms with van der Waals surface area (Å²) < 4.78 is 10.4. The maximum atomic E-state index is 12.3. The smallest absolute Gasteiger partial charge is 0.255 e. The van der Waals surface area contributed by atoms with Gasteiger partial charge in [0, 0.05) is 17.7 Å². The fourth-order valence-corrected chi connectivity index (χ4v) is 2.10. The van der Waals surface area contributed by atoms with Gasteiger partial charge in [0.15, 0.2) is 6.61 Å². The second-order valence-electron chi connectivity index (χ2n) is 5.10. The highest BCUT2D eigenvalue weighted by molar-refractivity contribution is 5.94. The Labute approximate surface area is 145 Å². The topological polar surface area (TPSA) is 114 Å². The molecular weight excluding hydrogens is 322 g/mol. The number of primary amides is 1. The number of carbonyl (C=O) groups excluding carboxylic acids is 2. The molecule has 128 valence electrons. The molecule has 7 heteroatoms. The highest BCUT2D eigenvalue weighted by Crippen LogP contribution is 2.21. The van der Waals surface area contributed by atoms with E-state index in [9.17, 15) is 9.59 Å². The normalized spacial score (nSPS) is 9.76. The van der Waals surface area contributed by atoms with Crippen LogP contribution in [-0.4, -0.2) is 25.5 Å². The van der Waals surface area contributed by atoms with Crippen LogP contribution in [0.2, 0.25) is 0 Å². The van der Waals surface area contributed by atoms with Gasteiger partial charge in [-0.2, -0.15) is 5.26 Å². The van der Waals surface area contributed by atoms with Crippen molar-refractivity contribution in [2.75, 3.05) is 13.7 Å². The fourth-order valence-electron chi connectivity index (χ4n) is 2.10. The van der Waals surface area contributed by atoms with E-state index < -0.39 is 5.91 Å². The first-order chi connectivity index (χ1) is 12.0. The summed E-state index contributed by atoms with van der Waals surface area (Å²) in [4.78, 5) is 23.2. The highest BCUT2D eigenvalue weighted by atomic mass is 16.5. The van der Waals surface area contributed by atoms with Gasteiger partial charge >= 0.3 is 0 Å². The molecule has 0 aromatic heterocycles. The summed E-state index contributed by atoms with van der Waals surface area (Å²) in [5, 5.41) is 11.7. The monoisotopic (exact) mass is 339 g/mol. The van der Waals surface area contributed by atoms with Crippen molar-refractivity contribution in [1.82, 2.24) is 5.32 Å². The number of rotatable bonds is 7. The van der Waals surface area contributed by atoms with E-state index in [-0.39, 0.29) is 19.1 Å². The number of hydrogen-bond donors (Lipinski definition) is 2. The van der Waals surface area contributed by atoms with Crippen molar-refractivity contribution in [2.45, 2.75) is 6.54 Å². The third-order valence-corrected chi connectivity index (χ3v) is 3.34. The number of benzene rings is 2. The van der Waals surface area contributed by atoms with Gasteiger partial charge in [0.25, 0.3) is 11.8 Å². The van der Waals surface area contributed by atoms with E-state index in [0.29, 0.717) is 28.2 Å². The van der Waals surface area contributed by atoms with E-state index in [1.54, 1.807) is 36.4 Å². The molecule has 0 aliphatic carbocycles. The van der Waals surface area contributed by atoms with Gasteiger partial charge in [0.2, 0.25) is 0 Å². The van der Waals surface area contributed by atoms with Gasteiger partial charge in [-0.25, -0.2) is 0 Å². The SMILES string of the molecule is COc1cccc(C(=O)NCc2ccc(C#N)cc2OCC(N)=O)c1. The summed E-state index contributed by atoms with van der Waals surface area (Å²) >= 11 is 0. The summed E-state index contributed by atoms with van der Waals surface area (Å²) in [6.45, 7) is -0.151. The third kappa shape index (κ3) is 4.97. The molecule has 0 saturated carbocycles. The van der Waals surface area contributed by atoms with Crippen LogP contribution in [0.3, 0.4) is 0 Å². The zero-order chi connectivity index (χ0) is 18.2. The molecule has 0 heterocycles. The van der Waals surface area contributed by atoms with Crippen LogP contribution in [0, 0.1) is 11.3 Å². The molecular formula is C18H17N3O4. The van der Waals surface area contributed by atoms with Gasteiger partial charge < -0.3 is 20.5 Å². The van der Waals surface area contributed by atoms with E-state index in [4.69, 9.17) is 20.5 Å². The molecule has 2 aromatic rings. The second-order valence-corrected chi connectivity index (χ2v) is 5.10. The Morgan fingerprint density at radius 1 is 1.24 bits per heavy atom. The Hall–Kier alpha value is -3.53. The number of nitrogens with one attached hydrogen (secondary N) is 1. The number of amides is 2. The summed E-state index contributed by atoms with van der Waals surface area (Å²) in [5.41, 5.74) is 6.53. The first kappa shape index (κ1) is 17.8. The number of nitrogens with two attached hydrogens (primary N) is 1. The van der Waals surface area contributed by atoms with Crippen molar-refractivity contribution in [3.05, 3.63) is 59.2 Å². The molecule has 0 bridgehead atoms. The minimum absolute atomic E-state index is 0.163. The van der Waals surface area contributed by atoms with Gasteiger partial charge in [-0.3, -0.25) is 9.59 Å². The minimum atomic E-state index is -0.631. The standard InChI is InChI=1S/C18H17N3O4/c1-24-15-4-2-3-13(8-15)18(23)21-10-14-6-5-12(9-19)7-16(14)25-11-17(20)22/h2-8H,10-11H2,1H3,(H2,20,22)(H,21,23). The maximum absolute atomic E-state index is 12.3. The number of hydrogen-bond acceptors (Lipinski definition) is 5. The third-order valence-electron chi connectivity index (χ3n) is 3.34. The van der Waals surface area contributed by atoms with Crippen molar-refractivity contribution >= 4 is 11.8 Å². The first-order valence-electron chi connectivity index (χ1n) is 7.40. The molecule has 2 aromatic carbocycles. The predicted octanol–water partition coefficient (Wildman–Crippen LogP) is 1.36. The van der Waals surface area contributed by atoms with Crippen LogP contribution in [0.15, 0.2) is 42.5 Å². The highest BCUT2D eigenvalue weighted by Gasteiger charge is 2.11. The molecule has 2 amide bonds. The molecule has 0 fully saturated rings. The molecule has 3 N–H and O–H groups in total. The van der Waals surface area contributed by atoms with Crippen LogP contribution in [0.5, 0.6) is 11.5 Å². The van der Waals surface area contributed by atoms with E-state index in [1.807, 2.05) is 6.07 Å². The van der Waals surface area contributed by atoms with Crippen LogP contribution in [0.1, 0.15) is 21.5 Å². The van der Waals surface area contributed by atoms with Crippen molar-refractivity contribution in [1.29, 1.82) is 5.26 Å². The number of methoxy groups -OCH3 is 1. The Bertz CT molecular complexity index is 827. The lowest BCUT2D eigenvalue weighted by molar-refractivity contribution is -0.119. The van der Waals surface area contributed by atoms with Gasteiger partial charge in [-0.15, -0.1) is 0 Å². The average Bonchev–Trinajstić information content (AvgIpc) is 2.64. The number of ether oxygens (including phenoxy) is 2. The van der Waals surface area contributed by atoms with Crippen molar-refractivity contribution in [2.24, 2.45) is 5.73 Å². The summed E-state index contributed by atoms with van der Waals surface area (Å²) in [6, 6.07) is 13.5.